The summed E-state index contributed by atoms with van der Waals surface area (Å²) >= 11 is 6.34. The molecule has 0 radical (unpaired) electrons. The van der Waals surface area contributed by atoms with Crippen LogP contribution in [0.15, 0.2) is 42.5 Å². The van der Waals surface area contributed by atoms with Crippen LogP contribution in [0.5, 0.6) is 5.75 Å². The molecule has 41 heavy (non-hydrogen) atoms. The van der Waals surface area contributed by atoms with E-state index in [1.54, 1.807) is 12.1 Å². The van der Waals surface area contributed by atoms with Gasteiger partial charge in [0.1, 0.15) is 11.9 Å². The van der Waals surface area contributed by atoms with Crippen LogP contribution in [0.2, 0.25) is 5.02 Å². The molecule has 8 nitrogen and oxygen atoms in total. The predicted octanol–water partition coefficient (Wildman–Crippen LogP) is 6.13. The highest BCUT2D eigenvalue weighted by atomic mass is 35.5. The predicted molar refractivity (Wildman–Crippen MR) is 163 cm³/mol. The Bertz CT molecular complexity index is 1110. The molecule has 2 atom stereocenters. The molecular weight excluding hydrogens is 542 g/mol. The fourth-order valence-corrected chi connectivity index (χ4v) is 5.44. The molecule has 0 heterocycles. The Morgan fingerprint density at radius 3 is 2.51 bits per heavy atom. The molecule has 2 aromatic rings. The number of amides is 2. The number of ether oxygens (including phenoxy) is 3. The van der Waals surface area contributed by atoms with Crippen molar-refractivity contribution in [3.8, 4) is 5.75 Å². The lowest BCUT2D eigenvalue weighted by molar-refractivity contribution is 0.0801. The van der Waals surface area contributed by atoms with Gasteiger partial charge in [0.2, 0.25) is 0 Å². The standard InChI is InChI=1S/C32H46ClN3O5/c1-22(2)21-41-29-18-25(30(24-11-8-12-27(33)17-24)40-14-13-35-32(38)39-4)16-26(19-29)31(37)36-28(20-34-3)15-23-9-6-5-7-10-23/h8,11-12,16-19,22-23,28,30,34H,5-7,9-10,13-15,20-21H2,1-4H3,(H,35,38)(H,36,37). The van der Waals surface area contributed by atoms with E-state index < -0.39 is 12.2 Å². The molecule has 2 amide bonds. The largest absolute Gasteiger partial charge is 0.493 e. The molecule has 3 N–H and O–H groups in total. The van der Waals surface area contributed by atoms with Crippen LogP contribution in [0.1, 0.15) is 80.0 Å². The number of halogens is 1. The van der Waals surface area contributed by atoms with E-state index >= 15 is 0 Å². The van der Waals surface area contributed by atoms with E-state index in [9.17, 15) is 9.59 Å². The van der Waals surface area contributed by atoms with Gasteiger partial charge in [0.05, 0.1) is 20.3 Å². The highest BCUT2D eigenvalue weighted by Crippen LogP contribution is 2.32. The first-order valence-corrected chi connectivity index (χ1v) is 15.1. The van der Waals surface area contributed by atoms with Crippen molar-refractivity contribution < 1.29 is 23.8 Å². The minimum absolute atomic E-state index is 0.0312. The maximum absolute atomic E-state index is 13.7. The Kier molecular flexibility index (Phi) is 13.7. The second-order valence-electron chi connectivity index (χ2n) is 11.2. The minimum Gasteiger partial charge on any atom is -0.493 e. The number of alkyl carbamates (subject to hydrolysis) is 1. The first kappa shape index (κ1) is 32.7. The second-order valence-corrected chi connectivity index (χ2v) is 11.6. The van der Waals surface area contributed by atoms with Crippen molar-refractivity contribution in [3.63, 3.8) is 0 Å². The summed E-state index contributed by atoms with van der Waals surface area (Å²) in [5.41, 5.74) is 2.09. The van der Waals surface area contributed by atoms with E-state index in [1.165, 1.54) is 39.2 Å². The van der Waals surface area contributed by atoms with E-state index in [-0.39, 0.29) is 25.1 Å². The van der Waals surface area contributed by atoms with Crippen molar-refractivity contribution in [2.24, 2.45) is 11.8 Å². The van der Waals surface area contributed by atoms with Crippen LogP contribution in [-0.4, -0.2) is 58.5 Å². The average molecular weight is 588 g/mol. The lowest BCUT2D eigenvalue weighted by Crippen LogP contribution is -2.42. The van der Waals surface area contributed by atoms with Gasteiger partial charge >= 0.3 is 6.09 Å². The van der Waals surface area contributed by atoms with Gasteiger partial charge in [0.25, 0.3) is 5.91 Å². The van der Waals surface area contributed by atoms with Crippen molar-refractivity contribution in [1.29, 1.82) is 0 Å². The van der Waals surface area contributed by atoms with Gasteiger partial charge in [-0.15, -0.1) is 0 Å². The van der Waals surface area contributed by atoms with Crippen molar-refractivity contribution >= 4 is 23.6 Å². The minimum atomic E-state index is -0.544. The van der Waals surface area contributed by atoms with Crippen LogP contribution in [0.3, 0.4) is 0 Å². The van der Waals surface area contributed by atoms with Crippen LogP contribution in [0.4, 0.5) is 4.79 Å². The number of hydrogen-bond acceptors (Lipinski definition) is 6. The molecule has 226 valence electrons. The summed E-state index contributed by atoms with van der Waals surface area (Å²) in [5.74, 6) is 1.41. The summed E-state index contributed by atoms with van der Waals surface area (Å²) in [5, 5.41) is 9.74. The van der Waals surface area contributed by atoms with Crippen molar-refractivity contribution in [3.05, 3.63) is 64.2 Å². The number of methoxy groups -OCH3 is 1. The van der Waals surface area contributed by atoms with Gasteiger partial charge in [-0.3, -0.25) is 4.79 Å². The zero-order valence-electron chi connectivity index (χ0n) is 24.8. The second kappa shape index (κ2) is 17.2. The summed E-state index contributed by atoms with van der Waals surface area (Å²) in [6.45, 7) is 5.86. The topological polar surface area (TPSA) is 97.9 Å². The van der Waals surface area contributed by atoms with Crippen LogP contribution in [0.25, 0.3) is 0 Å². The molecule has 1 saturated carbocycles. The van der Waals surface area contributed by atoms with Crippen LogP contribution < -0.4 is 20.7 Å². The van der Waals surface area contributed by atoms with Gasteiger partial charge in [0.15, 0.2) is 0 Å². The van der Waals surface area contributed by atoms with Crippen molar-refractivity contribution in [2.75, 3.05) is 40.5 Å². The Morgan fingerprint density at radius 1 is 1.05 bits per heavy atom. The normalized spacial score (nSPS) is 15.3. The first-order chi connectivity index (χ1) is 19.8. The summed E-state index contributed by atoms with van der Waals surface area (Å²) in [6, 6.07) is 13.0. The van der Waals surface area contributed by atoms with Gasteiger partial charge < -0.3 is 30.2 Å². The Labute approximate surface area is 249 Å². The maximum Gasteiger partial charge on any atom is 0.406 e. The third-order valence-corrected chi connectivity index (χ3v) is 7.43. The highest BCUT2D eigenvalue weighted by molar-refractivity contribution is 6.30. The van der Waals surface area contributed by atoms with E-state index in [0.717, 1.165) is 17.5 Å². The molecular formula is C32H46ClN3O5. The molecule has 2 unspecified atom stereocenters. The molecule has 0 spiro atoms. The van der Waals surface area contributed by atoms with Crippen molar-refractivity contribution in [1.82, 2.24) is 16.0 Å². The lowest BCUT2D eigenvalue weighted by atomic mass is 9.84. The van der Waals surface area contributed by atoms with Crippen LogP contribution in [-0.2, 0) is 9.47 Å². The maximum atomic E-state index is 13.7. The average Bonchev–Trinajstić information content (AvgIpc) is 2.96. The number of carbonyl (C=O) groups excluding carboxylic acids is 2. The van der Waals surface area contributed by atoms with Crippen LogP contribution >= 0.6 is 11.6 Å². The van der Waals surface area contributed by atoms with E-state index in [1.807, 2.05) is 37.4 Å². The van der Waals surface area contributed by atoms with Gasteiger partial charge in [-0.1, -0.05) is 69.7 Å². The lowest BCUT2D eigenvalue weighted by Gasteiger charge is -2.27. The summed E-state index contributed by atoms with van der Waals surface area (Å²) in [6.07, 6.45) is 6.18. The molecule has 2 aromatic carbocycles. The SMILES string of the molecule is CNCC(CC1CCCCC1)NC(=O)c1cc(OCC(C)C)cc(C(OCCNC(=O)OC)c2cccc(Cl)c2)c1. The molecule has 0 bridgehead atoms. The monoisotopic (exact) mass is 587 g/mol. The van der Waals surface area contributed by atoms with Gasteiger partial charge in [-0.2, -0.15) is 0 Å². The number of benzene rings is 2. The summed E-state index contributed by atoms with van der Waals surface area (Å²) in [4.78, 5) is 25.2. The molecule has 1 aliphatic carbocycles. The van der Waals surface area contributed by atoms with Gasteiger partial charge in [-0.25, -0.2) is 4.79 Å². The third kappa shape index (κ3) is 11.2. The number of likely N-dealkylation sites (N-methyl/N-ethyl adjacent to an activating group) is 1. The highest BCUT2D eigenvalue weighted by Gasteiger charge is 2.23. The number of carbonyl (C=O) groups is 2. The Balaban J connectivity index is 1.89. The molecule has 3 rings (SSSR count). The van der Waals surface area contributed by atoms with Gasteiger partial charge in [0, 0.05) is 29.7 Å². The third-order valence-electron chi connectivity index (χ3n) is 7.20. The smallest absolute Gasteiger partial charge is 0.406 e. The summed E-state index contributed by atoms with van der Waals surface area (Å²) < 4.78 is 17.0. The fraction of sp³-hybridized carbons (Fsp3) is 0.562. The molecule has 1 aliphatic rings. The summed E-state index contributed by atoms with van der Waals surface area (Å²) in [7, 11) is 3.23. The number of nitrogens with one attached hydrogen (secondary N) is 3. The quantitative estimate of drug-likeness (QED) is 0.217. The first-order valence-electron chi connectivity index (χ1n) is 14.7. The Hall–Kier alpha value is -2.81. The van der Waals surface area contributed by atoms with Crippen LogP contribution in [0, 0.1) is 11.8 Å². The Morgan fingerprint density at radius 2 is 1.83 bits per heavy atom. The molecule has 0 aromatic heterocycles. The molecule has 0 aliphatic heterocycles. The molecule has 1 fully saturated rings. The van der Waals surface area contributed by atoms with Gasteiger partial charge in [-0.05, 0) is 66.8 Å². The van der Waals surface area contributed by atoms with Crippen molar-refractivity contribution in [2.45, 2.75) is 64.5 Å². The number of rotatable bonds is 15. The molecule has 9 heteroatoms. The number of hydrogen-bond donors (Lipinski definition) is 3. The van der Waals surface area contributed by atoms with E-state index in [0.29, 0.717) is 41.3 Å². The fourth-order valence-electron chi connectivity index (χ4n) is 5.24. The van der Waals surface area contributed by atoms with E-state index in [4.69, 9.17) is 21.1 Å². The molecule has 0 saturated heterocycles. The zero-order valence-corrected chi connectivity index (χ0v) is 25.6. The zero-order chi connectivity index (χ0) is 29.6. The van der Waals surface area contributed by atoms with E-state index in [2.05, 4.69) is 34.5 Å².